The number of aliphatic hydroxyl groups excluding tert-OH is 1. The molecule has 4 rings (SSSR count). The highest BCUT2D eigenvalue weighted by molar-refractivity contribution is 5.23. The van der Waals surface area contributed by atoms with Crippen LogP contribution in [0.15, 0.2) is 12.2 Å². The molecule has 4 aliphatic rings. The van der Waals surface area contributed by atoms with Crippen molar-refractivity contribution in [3.8, 4) is 0 Å². The Kier molecular flexibility index (Phi) is 1.84. The van der Waals surface area contributed by atoms with E-state index in [0.29, 0.717) is 6.42 Å². The van der Waals surface area contributed by atoms with Gasteiger partial charge >= 0.3 is 0 Å². The summed E-state index contributed by atoms with van der Waals surface area (Å²) in [5.41, 5.74) is 0.414. The van der Waals surface area contributed by atoms with Crippen molar-refractivity contribution in [3.63, 3.8) is 0 Å². The second-order valence-corrected chi connectivity index (χ2v) is 4.83. The highest BCUT2D eigenvalue weighted by Gasteiger charge is 2.65. The van der Waals surface area contributed by atoms with Crippen LogP contribution in [0.4, 0.5) is 0 Å². The monoisotopic (exact) mass is 212 g/mol. The van der Waals surface area contributed by atoms with Crippen LogP contribution in [-0.4, -0.2) is 36.5 Å². The number of aliphatic hydroxyl groups is 1. The normalized spacial score (nSPS) is 57.5. The third-order valence-electron chi connectivity index (χ3n) is 4.16. The molecule has 0 aromatic carbocycles. The van der Waals surface area contributed by atoms with E-state index in [1.807, 2.05) is 6.92 Å². The largest absolute Gasteiger partial charge is 0.390 e. The van der Waals surface area contributed by atoms with E-state index in [1.165, 1.54) is 0 Å². The van der Waals surface area contributed by atoms with E-state index < -0.39 is 18.0 Å². The maximum absolute atomic E-state index is 10.0. The third kappa shape index (κ3) is 1.00. The summed E-state index contributed by atoms with van der Waals surface area (Å²) in [6.45, 7) is 5.93. The van der Waals surface area contributed by atoms with Gasteiger partial charge in [-0.05, 0) is 24.8 Å². The molecular formula is C11H16O4. The molecule has 0 spiro atoms. The quantitative estimate of drug-likeness (QED) is 0.649. The van der Waals surface area contributed by atoms with E-state index in [0.717, 1.165) is 5.57 Å². The Balaban J connectivity index is 2.04. The maximum atomic E-state index is 10.0. The minimum atomic E-state index is -0.532. The van der Waals surface area contributed by atoms with Crippen LogP contribution in [0, 0.1) is 11.8 Å². The summed E-state index contributed by atoms with van der Waals surface area (Å²) in [6, 6.07) is 0. The van der Waals surface area contributed by atoms with Gasteiger partial charge in [0.15, 0.2) is 12.6 Å². The molecule has 84 valence electrons. The van der Waals surface area contributed by atoms with Gasteiger partial charge in [0.1, 0.15) is 5.60 Å². The third-order valence-corrected chi connectivity index (χ3v) is 4.16. The van der Waals surface area contributed by atoms with Gasteiger partial charge < -0.3 is 19.3 Å². The van der Waals surface area contributed by atoms with Crippen molar-refractivity contribution >= 4 is 0 Å². The summed E-state index contributed by atoms with van der Waals surface area (Å²) in [5.74, 6) is 0.331. The van der Waals surface area contributed by atoms with Crippen molar-refractivity contribution < 1.29 is 19.3 Å². The van der Waals surface area contributed by atoms with Gasteiger partial charge in [-0.2, -0.15) is 0 Å². The van der Waals surface area contributed by atoms with E-state index in [4.69, 9.17) is 14.2 Å². The fraction of sp³-hybridized carbons (Fsp3) is 0.818. The Morgan fingerprint density at radius 1 is 1.60 bits per heavy atom. The summed E-state index contributed by atoms with van der Waals surface area (Å²) in [4.78, 5) is 0. The molecule has 15 heavy (non-hydrogen) atoms. The van der Waals surface area contributed by atoms with Crippen LogP contribution >= 0.6 is 0 Å². The first-order chi connectivity index (χ1) is 7.08. The first-order valence-corrected chi connectivity index (χ1v) is 5.30. The zero-order valence-corrected chi connectivity index (χ0v) is 8.97. The van der Waals surface area contributed by atoms with Crippen LogP contribution in [0.5, 0.6) is 0 Å². The summed E-state index contributed by atoms with van der Waals surface area (Å²) < 4.78 is 16.7. The van der Waals surface area contributed by atoms with Crippen molar-refractivity contribution in [2.75, 3.05) is 7.11 Å². The highest BCUT2D eigenvalue weighted by atomic mass is 16.8. The maximum Gasteiger partial charge on any atom is 0.183 e. The lowest BCUT2D eigenvalue weighted by atomic mass is 9.77. The standard InChI is InChI=1S/C11H16O4/c1-5-6-4-7(12)11(2)8(6)10(13-3)14-9(5)15-11/h6-10,12H,1,4H2,2-3H3. The molecule has 4 fully saturated rings. The number of methoxy groups -OCH3 is 1. The molecule has 6 atom stereocenters. The van der Waals surface area contributed by atoms with Gasteiger partial charge in [0.05, 0.1) is 6.10 Å². The smallest absolute Gasteiger partial charge is 0.183 e. The second kappa shape index (κ2) is 2.83. The fourth-order valence-corrected chi connectivity index (χ4v) is 3.25. The average molecular weight is 212 g/mol. The summed E-state index contributed by atoms with van der Waals surface area (Å²) in [6.07, 6.45) is -0.427. The molecule has 0 amide bonds. The lowest BCUT2D eigenvalue weighted by molar-refractivity contribution is -0.369. The van der Waals surface area contributed by atoms with E-state index in [2.05, 4.69) is 6.58 Å². The van der Waals surface area contributed by atoms with Crippen LogP contribution < -0.4 is 0 Å². The van der Waals surface area contributed by atoms with Crippen LogP contribution in [0.2, 0.25) is 0 Å². The van der Waals surface area contributed by atoms with Gasteiger partial charge in [0.25, 0.3) is 0 Å². The van der Waals surface area contributed by atoms with Gasteiger partial charge in [-0.3, -0.25) is 0 Å². The zero-order valence-electron chi connectivity index (χ0n) is 8.97. The van der Waals surface area contributed by atoms with E-state index in [-0.39, 0.29) is 18.1 Å². The highest BCUT2D eigenvalue weighted by Crippen LogP contribution is 2.57. The molecule has 3 heterocycles. The minimum Gasteiger partial charge on any atom is -0.390 e. The SMILES string of the molecule is C=C1C2OC(OC)C3C1CC(O)C3(C)O2. The second-order valence-electron chi connectivity index (χ2n) is 4.83. The number of hydrogen-bond donors (Lipinski definition) is 1. The van der Waals surface area contributed by atoms with Crippen molar-refractivity contribution in [2.24, 2.45) is 11.8 Å². The molecule has 6 unspecified atom stereocenters. The lowest BCUT2D eigenvalue weighted by Gasteiger charge is -2.52. The van der Waals surface area contributed by atoms with Gasteiger partial charge in [0, 0.05) is 13.0 Å². The Morgan fingerprint density at radius 2 is 2.33 bits per heavy atom. The van der Waals surface area contributed by atoms with Crippen LogP contribution in [0.1, 0.15) is 13.3 Å². The molecule has 1 aliphatic carbocycles. The van der Waals surface area contributed by atoms with Gasteiger partial charge in [-0.25, -0.2) is 0 Å². The van der Waals surface area contributed by atoms with Crippen LogP contribution in [0.25, 0.3) is 0 Å². The fourth-order valence-electron chi connectivity index (χ4n) is 3.25. The van der Waals surface area contributed by atoms with Crippen molar-refractivity contribution in [3.05, 3.63) is 12.2 Å². The summed E-state index contributed by atoms with van der Waals surface area (Å²) >= 11 is 0. The van der Waals surface area contributed by atoms with E-state index in [1.54, 1.807) is 7.11 Å². The van der Waals surface area contributed by atoms with E-state index in [9.17, 15) is 5.11 Å². The van der Waals surface area contributed by atoms with Gasteiger partial charge in [-0.15, -0.1) is 0 Å². The Bertz CT molecular complexity index is 316. The van der Waals surface area contributed by atoms with Crippen molar-refractivity contribution in [1.29, 1.82) is 0 Å². The average Bonchev–Trinajstić information content (AvgIpc) is 2.44. The van der Waals surface area contributed by atoms with Crippen LogP contribution in [-0.2, 0) is 14.2 Å². The summed E-state index contributed by atoms with van der Waals surface area (Å²) in [5, 5.41) is 10.0. The molecule has 1 N–H and O–H groups in total. The molecule has 3 saturated heterocycles. The number of fused-ring (bicyclic) bond motifs is 1. The van der Waals surface area contributed by atoms with Gasteiger partial charge in [0.2, 0.25) is 0 Å². The van der Waals surface area contributed by atoms with Gasteiger partial charge in [-0.1, -0.05) is 6.58 Å². The molecule has 4 heteroatoms. The molecule has 4 nitrogen and oxygen atoms in total. The zero-order chi connectivity index (χ0) is 10.8. The minimum absolute atomic E-state index is 0.0648. The molecule has 0 radical (unpaired) electrons. The first-order valence-electron chi connectivity index (χ1n) is 5.30. The molecular weight excluding hydrogens is 196 g/mol. The molecule has 1 saturated carbocycles. The molecule has 0 aromatic heterocycles. The lowest BCUT2D eigenvalue weighted by Crippen LogP contribution is -2.61. The Hall–Kier alpha value is -0.420. The number of hydrogen-bond acceptors (Lipinski definition) is 4. The van der Waals surface area contributed by atoms with Crippen molar-refractivity contribution in [2.45, 2.75) is 37.6 Å². The Morgan fingerprint density at radius 3 is 3.00 bits per heavy atom. The number of ether oxygens (including phenoxy) is 3. The molecule has 3 aliphatic heterocycles. The Labute approximate surface area is 88.8 Å². The van der Waals surface area contributed by atoms with Crippen molar-refractivity contribution in [1.82, 2.24) is 0 Å². The van der Waals surface area contributed by atoms with Crippen LogP contribution in [0.3, 0.4) is 0 Å². The first kappa shape index (κ1) is 9.78. The molecule has 4 bridgehead atoms. The number of rotatable bonds is 1. The predicted octanol–water partition coefficient (Wildman–Crippen LogP) is 0.657. The predicted molar refractivity (Wildman–Crippen MR) is 51.9 cm³/mol. The summed E-state index contributed by atoms with van der Waals surface area (Å²) in [7, 11) is 1.63. The topological polar surface area (TPSA) is 47.9 Å². The molecule has 0 aromatic rings. The van der Waals surface area contributed by atoms with E-state index >= 15 is 0 Å².